The predicted molar refractivity (Wildman–Crippen MR) is 88.1 cm³/mol. The van der Waals surface area contributed by atoms with Gasteiger partial charge in [0.25, 0.3) is 10.0 Å². The maximum atomic E-state index is 13.1. The first kappa shape index (κ1) is 14.4. The Morgan fingerprint density at radius 1 is 1.30 bits per heavy atom. The normalized spacial score (nSPS) is 12.4. The molecule has 0 radical (unpaired) electrons. The van der Waals surface area contributed by atoms with E-state index in [2.05, 4.69) is 9.97 Å². The lowest BCUT2D eigenvalue weighted by Crippen LogP contribution is -2.13. The van der Waals surface area contributed by atoms with E-state index in [4.69, 9.17) is 5.73 Å². The van der Waals surface area contributed by atoms with E-state index in [-0.39, 0.29) is 5.03 Å². The highest BCUT2D eigenvalue weighted by Gasteiger charge is 2.25. The standard InChI is InChI=1S/C14H13N5O2S2/c15-3-1-10-9-19(12-2-4-16-7-11(10)12)23(20,21)13-8-17-14-18(13)5-6-22-14/h2,4-9H,1,3,15H2. The summed E-state index contributed by atoms with van der Waals surface area (Å²) in [5.41, 5.74) is 7.09. The third-order valence-corrected chi connectivity index (χ3v) is 6.13. The zero-order valence-electron chi connectivity index (χ0n) is 12.0. The van der Waals surface area contributed by atoms with Gasteiger partial charge in [-0.15, -0.1) is 11.3 Å². The number of aromatic nitrogens is 4. The quantitative estimate of drug-likeness (QED) is 0.603. The van der Waals surface area contributed by atoms with E-state index < -0.39 is 10.0 Å². The lowest BCUT2D eigenvalue weighted by molar-refractivity contribution is 0.584. The van der Waals surface area contributed by atoms with Crippen LogP contribution in [0.4, 0.5) is 0 Å². The molecule has 4 rings (SSSR count). The second-order valence-electron chi connectivity index (χ2n) is 5.04. The highest BCUT2D eigenvalue weighted by molar-refractivity contribution is 7.90. The van der Waals surface area contributed by atoms with E-state index in [0.717, 1.165) is 10.9 Å². The average molecular weight is 347 g/mol. The maximum absolute atomic E-state index is 13.1. The fourth-order valence-electron chi connectivity index (χ4n) is 2.66. The van der Waals surface area contributed by atoms with Gasteiger partial charge in [0.15, 0.2) is 9.99 Å². The highest BCUT2D eigenvalue weighted by atomic mass is 32.2. The molecule has 9 heteroatoms. The molecule has 4 aromatic heterocycles. The van der Waals surface area contributed by atoms with Gasteiger partial charge in [-0.3, -0.25) is 9.38 Å². The highest BCUT2D eigenvalue weighted by Crippen LogP contribution is 2.26. The van der Waals surface area contributed by atoms with Crippen molar-refractivity contribution in [3.05, 3.63) is 48.0 Å². The molecule has 0 unspecified atom stereocenters. The fourth-order valence-corrected chi connectivity index (χ4v) is 4.87. The summed E-state index contributed by atoms with van der Waals surface area (Å²) >= 11 is 1.39. The van der Waals surface area contributed by atoms with Gasteiger partial charge in [-0.2, -0.15) is 8.42 Å². The fraction of sp³-hybridized carbons (Fsp3) is 0.143. The van der Waals surface area contributed by atoms with Gasteiger partial charge >= 0.3 is 0 Å². The summed E-state index contributed by atoms with van der Waals surface area (Å²) in [6.45, 7) is 0.440. The Labute approximate surface area is 136 Å². The van der Waals surface area contributed by atoms with Crippen LogP contribution in [0.3, 0.4) is 0 Å². The van der Waals surface area contributed by atoms with Crippen LogP contribution in [0.2, 0.25) is 0 Å². The Balaban J connectivity index is 2.00. The molecule has 0 aromatic carbocycles. The molecule has 0 amide bonds. The van der Waals surface area contributed by atoms with Gasteiger partial charge in [-0.25, -0.2) is 8.96 Å². The van der Waals surface area contributed by atoms with Crippen LogP contribution in [0.15, 0.2) is 47.5 Å². The molecule has 118 valence electrons. The van der Waals surface area contributed by atoms with Crippen molar-refractivity contribution in [3.8, 4) is 0 Å². The van der Waals surface area contributed by atoms with Gasteiger partial charge < -0.3 is 5.73 Å². The van der Waals surface area contributed by atoms with Crippen LogP contribution < -0.4 is 5.73 Å². The third kappa shape index (κ3) is 2.08. The molecular weight excluding hydrogens is 334 g/mol. The molecular formula is C14H13N5O2S2. The van der Waals surface area contributed by atoms with Crippen LogP contribution in [0.5, 0.6) is 0 Å². The molecule has 4 heterocycles. The number of hydrogen-bond acceptors (Lipinski definition) is 6. The molecule has 0 spiro atoms. The van der Waals surface area contributed by atoms with E-state index in [1.807, 2.05) is 0 Å². The molecule has 0 atom stereocenters. The van der Waals surface area contributed by atoms with Gasteiger partial charge in [0.1, 0.15) is 0 Å². The van der Waals surface area contributed by atoms with Gasteiger partial charge in [0.05, 0.1) is 11.7 Å². The molecule has 0 bridgehead atoms. The summed E-state index contributed by atoms with van der Waals surface area (Å²) in [7, 11) is -3.76. The minimum absolute atomic E-state index is 0.141. The van der Waals surface area contributed by atoms with Crippen molar-refractivity contribution >= 4 is 37.2 Å². The molecule has 23 heavy (non-hydrogen) atoms. The number of rotatable bonds is 4. The molecule has 0 fully saturated rings. The Morgan fingerprint density at radius 3 is 3.00 bits per heavy atom. The Kier molecular flexibility index (Phi) is 3.22. The minimum Gasteiger partial charge on any atom is -0.330 e. The van der Waals surface area contributed by atoms with Crippen molar-refractivity contribution in [2.24, 2.45) is 5.73 Å². The average Bonchev–Trinajstić information content (AvgIpc) is 3.21. The van der Waals surface area contributed by atoms with Gasteiger partial charge in [-0.05, 0) is 24.6 Å². The SMILES string of the molecule is NCCc1cn(S(=O)(=O)c2cnc3sccn23)c2ccncc12. The van der Waals surface area contributed by atoms with E-state index >= 15 is 0 Å². The molecule has 2 N–H and O–H groups in total. The van der Waals surface area contributed by atoms with Crippen LogP contribution in [-0.2, 0) is 16.4 Å². The number of thiazole rings is 1. The van der Waals surface area contributed by atoms with Gasteiger partial charge in [0, 0.05) is 35.6 Å². The van der Waals surface area contributed by atoms with Crippen molar-refractivity contribution < 1.29 is 8.42 Å². The number of nitrogens with two attached hydrogens (primary N) is 1. The third-order valence-electron chi connectivity index (χ3n) is 3.70. The number of hydrogen-bond donors (Lipinski definition) is 1. The van der Waals surface area contributed by atoms with Crippen molar-refractivity contribution in [2.45, 2.75) is 11.4 Å². The zero-order chi connectivity index (χ0) is 16.0. The zero-order valence-corrected chi connectivity index (χ0v) is 13.6. The largest absolute Gasteiger partial charge is 0.330 e. The summed E-state index contributed by atoms with van der Waals surface area (Å²) in [5, 5.41) is 2.74. The number of fused-ring (bicyclic) bond motifs is 2. The van der Waals surface area contributed by atoms with Crippen LogP contribution in [0.1, 0.15) is 5.56 Å². The van der Waals surface area contributed by atoms with E-state index in [1.54, 1.807) is 40.6 Å². The monoisotopic (exact) mass is 347 g/mol. The second kappa shape index (κ2) is 5.15. The van der Waals surface area contributed by atoms with Crippen molar-refractivity contribution in [2.75, 3.05) is 6.54 Å². The van der Waals surface area contributed by atoms with Crippen LogP contribution in [-0.4, -0.2) is 33.3 Å². The topological polar surface area (TPSA) is 95.3 Å². The number of imidazole rings is 1. The molecule has 0 aliphatic carbocycles. The molecule has 0 aliphatic heterocycles. The first-order valence-corrected chi connectivity index (χ1v) is 9.25. The summed E-state index contributed by atoms with van der Waals surface area (Å²) in [6, 6.07) is 1.69. The van der Waals surface area contributed by atoms with Crippen LogP contribution >= 0.6 is 11.3 Å². The van der Waals surface area contributed by atoms with Gasteiger partial charge in [-0.1, -0.05) is 0 Å². The molecule has 7 nitrogen and oxygen atoms in total. The molecule has 0 saturated carbocycles. The number of nitrogens with zero attached hydrogens (tertiary/aromatic N) is 4. The van der Waals surface area contributed by atoms with Crippen molar-refractivity contribution in [1.29, 1.82) is 0 Å². The molecule has 0 saturated heterocycles. The smallest absolute Gasteiger partial charge is 0.285 e. The van der Waals surface area contributed by atoms with Crippen molar-refractivity contribution in [3.63, 3.8) is 0 Å². The lowest BCUT2D eigenvalue weighted by Gasteiger charge is -2.05. The minimum atomic E-state index is -3.76. The van der Waals surface area contributed by atoms with E-state index in [0.29, 0.717) is 23.4 Å². The Morgan fingerprint density at radius 2 is 2.17 bits per heavy atom. The van der Waals surface area contributed by atoms with Crippen molar-refractivity contribution in [1.82, 2.24) is 18.3 Å². The van der Waals surface area contributed by atoms with Gasteiger partial charge in [0.2, 0.25) is 0 Å². The Hall–Kier alpha value is -2.23. The maximum Gasteiger partial charge on any atom is 0.285 e. The summed E-state index contributed by atoms with van der Waals surface area (Å²) in [4.78, 5) is 8.88. The van der Waals surface area contributed by atoms with Crippen LogP contribution in [0, 0.1) is 0 Å². The summed E-state index contributed by atoms with van der Waals surface area (Å²) in [6.07, 6.45) is 8.55. The summed E-state index contributed by atoms with van der Waals surface area (Å²) in [5.74, 6) is 0. The Bertz CT molecular complexity index is 1110. The van der Waals surface area contributed by atoms with E-state index in [9.17, 15) is 8.42 Å². The number of pyridine rings is 1. The molecule has 0 aliphatic rings. The second-order valence-corrected chi connectivity index (χ2v) is 7.67. The summed E-state index contributed by atoms with van der Waals surface area (Å²) < 4.78 is 29.1. The first-order valence-electron chi connectivity index (χ1n) is 6.93. The first-order chi connectivity index (χ1) is 11.1. The van der Waals surface area contributed by atoms with E-state index in [1.165, 1.54) is 21.5 Å². The predicted octanol–water partition coefficient (Wildman–Crippen LogP) is 1.48. The molecule has 4 aromatic rings. The van der Waals surface area contributed by atoms with Crippen LogP contribution in [0.25, 0.3) is 15.9 Å². The lowest BCUT2D eigenvalue weighted by atomic mass is 10.2.